The fourth-order valence-electron chi connectivity index (χ4n) is 1.54. The van der Waals surface area contributed by atoms with Crippen molar-refractivity contribution in [2.45, 2.75) is 12.5 Å². The van der Waals surface area contributed by atoms with Crippen molar-refractivity contribution in [1.82, 2.24) is 0 Å². The van der Waals surface area contributed by atoms with Gasteiger partial charge in [-0.1, -0.05) is 18.2 Å². The average molecular weight is 266 g/mol. The fraction of sp³-hybridized carbons (Fsp3) is 0.385. The summed E-state index contributed by atoms with van der Waals surface area (Å²) in [4.78, 5) is 23.0. The molecular weight excluding hydrogens is 252 g/mol. The summed E-state index contributed by atoms with van der Waals surface area (Å²) in [6.45, 7) is 0.753. The van der Waals surface area contributed by atoms with Crippen LogP contribution in [-0.4, -0.2) is 38.0 Å². The lowest BCUT2D eigenvalue weighted by atomic mass is 10.3. The first-order valence-electron chi connectivity index (χ1n) is 5.85. The van der Waals surface area contributed by atoms with Crippen molar-refractivity contribution in [1.29, 1.82) is 0 Å². The number of hydrogen-bond acceptors (Lipinski definition) is 6. The monoisotopic (exact) mass is 266 g/mol. The lowest BCUT2D eigenvalue weighted by Gasteiger charge is -2.22. The average Bonchev–Trinajstić information content (AvgIpc) is 2.40. The van der Waals surface area contributed by atoms with Gasteiger partial charge in [0, 0.05) is 0 Å². The van der Waals surface area contributed by atoms with Crippen molar-refractivity contribution in [3.63, 3.8) is 0 Å². The van der Waals surface area contributed by atoms with Gasteiger partial charge in [0.05, 0.1) is 13.2 Å². The fourth-order valence-corrected chi connectivity index (χ4v) is 1.54. The van der Waals surface area contributed by atoms with Gasteiger partial charge in [-0.15, -0.1) is 0 Å². The first-order valence-corrected chi connectivity index (χ1v) is 5.85. The van der Waals surface area contributed by atoms with E-state index >= 15 is 0 Å². The number of carbonyl (C=O) groups is 2. The minimum Gasteiger partial charge on any atom is -0.457 e. The van der Waals surface area contributed by atoms with Gasteiger partial charge in [0.25, 0.3) is 0 Å². The smallest absolute Gasteiger partial charge is 0.322 e. The summed E-state index contributed by atoms with van der Waals surface area (Å²) in [6.07, 6.45) is -0.906. The molecule has 1 fully saturated rings. The second-order valence-corrected chi connectivity index (χ2v) is 3.94. The molecule has 0 amide bonds. The summed E-state index contributed by atoms with van der Waals surface area (Å²) < 4.78 is 19.9. The molecule has 0 spiro atoms. The third-order valence-corrected chi connectivity index (χ3v) is 2.34. The summed E-state index contributed by atoms with van der Waals surface area (Å²) in [7, 11) is 0. The van der Waals surface area contributed by atoms with E-state index in [9.17, 15) is 9.59 Å². The highest BCUT2D eigenvalue weighted by Gasteiger charge is 2.21. The largest absolute Gasteiger partial charge is 0.457 e. The minimum absolute atomic E-state index is 0.199. The molecule has 1 saturated heterocycles. The minimum atomic E-state index is -0.658. The molecule has 0 saturated carbocycles. The molecule has 19 heavy (non-hydrogen) atoms. The molecule has 0 radical (unpaired) electrons. The van der Waals surface area contributed by atoms with Gasteiger partial charge >= 0.3 is 11.9 Å². The van der Waals surface area contributed by atoms with Gasteiger partial charge in [0.1, 0.15) is 25.1 Å². The molecular formula is C13H14O6. The Balaban J connectivity index is 1.74. The summed E-state index contributed by atoms with van der Waals surface area (Å²) in [5.74, 6) is -0.918. The Bertz CT molecular complexity index is 424. The zero-order valence-electron chi connectivity index (χ0n) is 10.2. The van der Waals surface area contributed by atoms with E-state index in [-0.39, 0.29) is 20.0 Å². The molecule has 102 valence electrons. The quantitative estimate of drug-likeness (QED) is 0.458. The van der Waals surface area contributed by atoms with Crippen molar-refractivity contribution >= 4 is 11.9 Å². The van der Waals surface area contributed by atoms with Crippen molar-refractivity contribution in [3.05, 3.63) is 30.3 Å². The second-order valence-electron chi connectivity index (χ2n) is 3.94. The molecule has 0 unspecified atom stereocenters. The molecule has 0 aliphatic carbocycles. The van der Waals surface area contributed by atoms with E-state index in [1.54, 1.807) is 30.3 Å². The number of benzene rings is 1. The molecule has 1 aromatic rings. The summed E-state index contributed by atoms with van der Waals surface area (Å²) in [6, 6.07) is 8.53. The van der Waals surface area contributed by atoms with Crippen LogP contribution in [0.15, 0.2) is 30.3 Å². The third kappa shape index (κ3) is 4.69. The molecule has 1 aromatic carbocycles. The van der Waals surface area contributed by atoms with E-state index in [4.69, 9.17) is 18.9 Å². The van der Waals surface area contributed by atoms with Crippen LogP contribution >= 0.6 is 0 Å². The number of carbonyl (C=O) groups excluding carboxylic acids is 2. The molecule has 0 aromatic heterocycles. The Kier molecular flexibility index (Phi) is 4.88. The molecule has 2 rings (SSSR count). The normalized spacial score (nSPS) is 15.8. The van der Waals surface area contributed by atoms with Crippen LogP contribution in [0, 0.1) is 0 Å². The summed E-state index contributed by atoms with van der Waals surface area (Å²) in [5, 5.41) is 0. The highest BCUT2D eigenvalue weighted by atomic mass is 16.7. The van der Waals surface area contributed by atoms with E-state index in [2.05, 4.69) is 0 Å². The highest BCUT2D eigenvalue weighted by molar-refractivity contribution is 5.92. The van der Waals surface area contributed by atoms with Crippen molar-refractivity contribution in [3.8, 4) is 5.75 Å². The van der Waals surface area contributed by atoms with E-state index in [1.165, 1.54) is 0 Å². The van der Waals surface area contributed by atoms with Crippen LogP contribution in [0.2, 0.25) is 0 Å². The third-order valence-electron chi connectivity index (χ3n) is 2.34. The molecule has 1 aliphatic heterocycles. The predicted molar refractivity (Wildman–Crippen MR) is 63.3 cm³/mol. The SMILES string of the molecule is O=C(CC(=O)OC1COCOC1)Oc1ccccc1. The molecule has 6 nitrogen and oxygen atoms in total. The van der Waals surface area contributed by atoms with Crippen LogP contribution in [0.4, 0.5) is 0 Å². The maximum Gasteiger partial charge on any atom is 0.322 e. The van der Waals surface area contributed by atoms with E-state index in [1.807, 2.05) is 0 Å². The Morgan fingerprint density at radius 1 is 1.11 bits per heavy atom. The molecule has 6 heteroatoms. The Morgan fingerprint density at radius 2 is 1.79 bits per heavy atom. The lowest BCUT2D eigenvalue weighted by molar-refractivity contribution is -0.184. The molecule has 1 aliphatic rings. The highest BCUT2D eigenvalue weighted by Crippen LogP contribution is 2.10. The van der Waals surface area contributed by atoms with Crippen LogP contribution in [0.5, 0.6) is 5.75 Å². The van der Waals surface area contributed by atoms with Crippen LogP contribution in [0.25, 0.3) is 0 Å². The molecule has 0 N–H and O–H groups in total. The van der Waals surface area contributed by atoms with Crippen molar-refractivity contribution < 1.29 is 28.5 Å². The zero-order chi connectivity index (χ0) is 13.5. The first-order chi connectivity index (χ1) is 9.24. The van der Waals surface area contributed by atoms with Gasteiger partial charge in [-0.05, 0) is 12.1 Å². The van der Waals surface area contributed by atoms with Gasteiger partial charge in [-0.2, -0.15) is 0 Å². The van der Waals surface area contributed by atoms with Crippen molar-refractivity contribution in [2.75, 3.05) is 20.0 Å². The van der Waals surface area contributed by atoms with Crippen molar-refractivity contribution in [2.24, 2.45) is 0 Å². The van der Waals surface area contributed by atoms with E-state index in [0.717, 1.165) is 0 Å². The Morgan fingerprint density at radius 3 is 2.47 bits per heavy atom. The Hall–Kier alpha value is -1.92. The summed E-state index contributed by atoms with van der Waals surface area (Å²) in [5.41, 5.74) is 0. The van der Waals surface area contributed by atoms with E-state index < -0.39 is 24.5 Å². The number of rotatable bonds is 4. The first kappa shape index (κ1) is 13.5. The van der Waals surface area contributed by atoms with Crippen LogP contribution in [-0.2, 0) is 23.8 Å². The molecule has 1 heterocycles. The Labute approximate surface area is 110 Å². The van der Waals surface area contributed by atoms with Crippen LogP contribution in [0.3, 0.4) is 0 Å². The standard InChI is InChI=1S/C13H14O6/c14-12(18-10-4-2-1-3-5-10)6-13(15)19-11-7-16-9-17-8-11/h1-5,11H,6-9H2. The molecule has 0 bridgehead atoms. The predicted octanol–water partition coefficient (Wildman–Crippen LogP) is 0.898. The topological polar surface area (TPSA) is 71.1 Å². The van der Waals surface area contributed by atoms with Gasteiger partial charge < -0.3 is 18.9 Å². The number of esters is 2. The van der Waals surface area contributed by atoms with Gasteiger partial charge in [0.2, 0.25) is 0 Å². The van der Waals surface area contributed by atoms with Gasteiger partial charge in [-0.3, -0.25) is 9.59 Å². The van der Waals surface area contributed by atoms with Gasteiger partial charge in [0.15, 0.2) is 0 Å². The zero-order valence-corrected chi connectivity index (χ0v) is 10.2. The van der Waals surface area contributed by atoms with Gasteiger partial charge in [-0.25, -0.2) is 0 Å². The molecule has 0 atom stereocenters. The van der Waals surface area contributed by atoms with Crippen LogP contribution < -0.4 is 4.74 Å². The second kappa shape index (κ2) is 6.86. The number of hydrogen-bond donors (Lipinski definition) is 0. The van der Waals surface area contributed by atoms with E-state index in [0.29, 0.717) is 5.75 Å². The maximum atomic E-state index is 11.5. The number of ether oxygens (including phenoxy) is 4. The van der Waals surface area contributed by atoms with Crippen LogP contribution in [0.1, 0.15) is 6.42 Å². The number of para-hydroxylation sites is 1. The summed E-state index contributed by atoms with van der Waals surface area (Å²) >= 11 is 0. The lowest BCUT2D eigenvalue weighted by Crippen LogP contribution is -2.34. The maximum absolute atomic E-state index is 11.5.